The number of halogens is 1. The normalized spacial score (nSPS) is 23.4. The number of likely N-dealkylation sites (tertiary alicyclic amines) is 2. The lowest BCUT2D eigenvalue weighted by atomic mass is 9.68. The molecule has 0 bridgehead atoms. The van der Waals surface area contributed by atoms with E-state index in [1.165, 1.54) is 13.0 Å². The summed E-state index contributed by atoms with van der Waals surface area (Å²) in [6, 6.07) is 0.468. The predicted octanol–water partition coefficient (Wildman–Crippen LogP) is 2.58. The highest BCUT2D eigenvalue weighted by molar-refractivity contribution is 6.29. The molecule has 196 valence electrons. The van der Waals surface area contributed by atoms with Gasteiger partial charge in [0.1, 0.15) is 0 Å². The van der Waals surface area contributed by atoms with E-state index in [0.29, 0.717) is 23.8 Å². The van der Waals surface area contributed by atoms with Crippen molar-refractivity contribution in [3.63, 3.8) is 0 Å². The molecule has 0 spiro atoms. The van der Waals surface area contributed by atoms with Gasteiger partial charge in [-0.15, -0.1) is 0 Å². The minimum Gasteiger partial charge on any atom is -0.412 e. The predicted molar refractivity (Wildman–Crippen MR) is 140 cm³/mol. The molecule has 7 nitrogen and oxygen atoms in total. The number of hydrogen-bond acceptors (Lipinski definition) is 3. The second-order valence-electron chi connectivity index (χ2n) is 10.2. The van der Waals surface area contributed by atoms with Crippen LogP contribution in [0.25, 0.3) is 0 Å². The molecule has 1 aliphatic carbocycles. The van der Waals surface area contributed by atoms with Gasteiger partial charge in [0.2, 0.25) is 5.91 Å². The Morgan fingerprint density at radius 1 is 1.12 bits per heavy atom. The molecule has 2 fully saturated rings. The summed E-state index contributed by atoms with van der Waals surface area (Å²) < 4.78 is 0. The molecule has 0 aromatic heterocycles. The van der Waals surface area contributed by atoms with Crippen LogP contribution < -0.4 is 5.32 Å². The summed E-state index contributed by atoms with van der Waals surface area (Å²) in [4.78, 5) is 16.5. The summed E-state index contributed by atoms with van der Waals surface area (Å²) in [5, 5.41) is 4.74. The molecule has 0 saturated carbocycles. The van der Waals surface area contributed by atoms with Crippen LogP contribution in [0.3, 0.4) is 0 Å². The fourth-order valence-electron chi connectivity index (χ4n) is 5.34. The number of hydrogen-bond donors (Lipinski definition) is 1. The maximum Gasteiger partial charge on any atom is 0.222 e. The third-order valence-corrected chi connectivity index (χ3v) is 7.42. The van der Waals surface area contributed by atoms with Crippen molar-refractivity contribution in [3.05, 3.63) is 22.8 Å². The third kappa shape index (κ3) is 9.30. The Morgan fingerprint density at radius 2 is 1.82 bits per heavy atom. The highest BCUT2D eigenvalue weighted by atomic mass is 35.5. The zero-order valence-electron chi connectivity index (χ0n) is 20.3. The Bertz CT molecular complexity index is 652. The second-order valence-corrected chi connectivity index (χ2v) is 10.7. The van der Waals surface area contributed by atoms with Crippen LogP contribution in [0.2, 0.25) is 0 Å². The molecule has 2 heterocycles. The van der Waals surface area contributed by atoms with Crippen LogP contribution in [0.1, 0.15) is 67.2 Å². The van der Waals surface area contributed by atoms with Gasteiger partial charge >= 0.3 is 0 Å². The molecule has 8 heteroatoms. The highest BCUT2D eigenvalue weighted by Crippen LogP contribution is 2.42. The van der Waals surface area contributed by atoms with Crippen LogP contribution in [0.4, 0.5) is 0 Å². The average molecular weight is 492 g/mol. The van der Waals surface area contributed by atoms with Crippen molar-refractivity contribution in [2.24, 2.45) is 17.3 Å². The largest absolute Gasteiger partial charge is 0.412 e. The zero-order chi connectivity index (χ0) is 21.0. The Balaban J connectivity index is 0. The van der Waals surface area contributed by atoms with E-state index in [2.05, 4.69) is 50.1 Å². The summed E-state index contributed by atoms with van der Waals surface area (Å²) in [6.07, 6.45) is 9.50. The van der Waals surface area contributed by atoms with E-state index in [9.17, 15) is 4.79 Å². The van der Waals surface area contributed by atoms with Gasteiger partial charge in [0, 0.05) is 50.2 Å². The fraction of sp³-hybridized carbons (Fsp3) is 0.800. The van der Waals surface area contributed by atoms with E-state index < -0.39 is 0 Å². The number of nitrogens with one attached hydrogen (secondary N) is 1. The SMILES string of the molecule is C.CC(C)[C@H](CN1CCC(C2=CC=C(Cl)CC2)C(C)(C)C1)NCCN1CCCC1=O.O.O.O. The van der Waals surface area contributed by atoms with Crippen molar-refractivity contribution in [1.82, 2.24) is 15.1 Å². The van der Waals surface area contributed by atoms with Gasteiger partial charge in [0.05, 0.1) is 0 Å². The summed E-state index contributed by atoms with van der Waals surface area (Å²) in [5.41, 5.74) is 1.87. The minimum atomic E-state index is 0. The first kappa shape index (κ1) is 34.2. The van der Waals surface area contributed by atoms with Gasteiger partial charge in [-0.3, -0.25) is 4.79 Å². The molecule has 1 amide bonds. The van der Waals surface area contributed by atoms with E-state index in [-0.39, 0.29) is 29.3 Å². The monoisotopic (exact) mass is 491 g/mol. The molecule has 2 atom stereocenters. The van der Waals surface area contributed by atoms with Gasteiger partial charge < -0.3 is 31.5 Å². The van der Waals surface area contributed by atoms with Gasteiger partial charge in [-0.1, -0.05) is 58.4 Å². The van der Waals surface area contributed by atoms with Crippen LogP contribution >= 0.6 is 11.6 Å². The Kier molecular flexibility index (Phi) is 15.7. The van der Waals surface area contributed by atoms with E-state index in [0.717, 1.165) is 63.4 Å². The maximum atomic E-state index is 11.8. The van der Waals surface area contributed by atoms with Crippen molar-refractivity contribution in [3.8, 4) is 0 Å². The quantitative estimate of drug-likeness (QED) is 0.559. The lowest BCUT2D eigenvalue weighted by molar-refractivity contribution is -0.127. The molecule has 7 N–H and O–H groups in total. The smallest absolute Gasteiger partial charge is 0.222 e. The number of piperidine rings is 1. The highest BCUT2D eigenvalue weighted by Gasteiger charge is 2.38. The topological polar surface area (TPSA) is 130 Å². The second kappa shape index (κ2) is 15.1. The lowest BCUT2D eigenvalue weighted by Crippen LogP contribution is -2.52. The molecular formula is C25H50ClN3O4. The van der Waals surface area contributed by atoms with Crippen molar-refractivity contribution in [2.75, 3.05) is 39.3 Å². The van der Waals surface area contributed by atoms with E-state index in [4.69, 9.17) is 11.6 Å². The van der Waals surface area contributed by atoms with E-state index in [1.807, 2.05) is 4.90 Å². The number of carbonyl (C=O) groups excluding carboxylic acids is 1. The van der Waals surface area contributed by atoms with Crippen molar-refractivity contribution in [1.29, 1.82) is 0 Å². The van der Waals surface area contributed by atoms with Crippen LogP contribution in [0.5, 0.6) is 0 Å². The van der Waals surface area contributed by atoms with Crippen molar-refractivity contribution >= 4 is 17.5 Å². The molecule has 2 aliphatic heterocycles. The van der Waals surface area contributed by atoms with Crippen LogP contribution in [-0.2, 0) is 4.79 Å². The Morgan fingerprint density at radius 3 is 2.33 bits per heavy atom. The number of amides is 1. The van der Waals surface area contributed by atoms with Gasteiger partial charge in [-0.05, 0) is 55.6 Å². The van der Waals surface area contributed by atoms with Gasteiger partial charge in [-0.25, -0.2) is 0 Å². The Hall–Kier alpha value is -0.960. The van der Waals surface area contributed by atoms with Crippen LogP contribution in [-0.4, -0.2) is 77.4 Å². The summed E-state index contributed by atoms with van der Waals surface area (Å²) >= 11 is 6.17. The number of nitrogens with zero attached hydrogens (tertiary/aromatic N) is 2. The molecule has 0 radical (unpaired) electrons. The third-order valence-electron chi connectivity index (χ3n) is 7.11. The number of rotatable bonds is 8. The van der Waals surface area contributed by atoms with Crippen LogP contribution in [0, 0.1) is 17.3 Å². The molecule has 0 aromatic carbocycles. The molecule has 1 unspecified atom stereocenters. The Labute approximate surface area is 206 Å². The van der Waals surface area contributed by atoms with Gasteiger partial charge in [0.15, 0.2) is 0 Å². The average Bonchev–Trinajstić information content (AvgIpc) is 3.06. The first-order valence-corrected chi connectivity index (χ1v) is 11.9. The summed E-state index contributed by atoms with van der Waals surface area (Å²) in [6.45, 7) is 15.5. The first-order chi connectivity index (χ1) is 13.8. The molecule has 3 rings (SSSR count). The first-order valence-electron chi connectivity index (χ1n) is 11.5. The van der Waals surface area contributed by atoms with E-state index >= 15 is 0 Å². The van der Waals surface area contributed by atoms with Crippen LogP contribution in [0.15, 0.2) is 22.8 Å². The summed E-state index contributed by atoms with van der Waals surface area (Å²) in [5.74, 6) is 1.56. The molecule has 33 heavy (non-hydrogen) atoms. The number of allylic oxidation sites excluding steroid dienone is 4. The van der Waals surface area contributed by atoms with Gasteiger partial charge in [0.25, 0.3) is 0 Å². The van der Waals surface area contributed by atoms with Crippen molar-refractivity contribution < 1.29 is 21.2 Å². The van der Waals surface area contributed by atoms with Gasteiger partial charge in [-0.2, -0.15) is 0 Å². The maximum absolute atomic E-state index is 11.8. The zero-order valence-corrected chi connectivity index (χ0v) is 21.1. The lowest BCUT2D eigenvalue weighted by Gasteiger charge is -2.47. The molecule has 2 saturated heterocycles. The minimum absolute atomic E-state index is 0. The summed E-state index contributed by atoms with van der Waals surface area (Å²) in [7, 11) is 0. The standard InChI is InChI=1S/C24H40ClN3O.CH4.3H2O/c1-18(2)22(26-12-15-28-13-5-6-23(28)29)16-27-14-11-21(24(3,4)17-27)19-7-9-20(25)10-8-19;;;;/h7,9,18,21-22,26H,5-6,8,10-17H2,1-4H3;1H4;3*1H2/t21?,22-;;;;/m0..../s1. The molecular weight excluding hydrogens is 442 g/mol. The fourth-order valence-corrected chi connectivity index (χ4v) is 5.50. The van der Waals surface area contributed by atoms with E-state index in [1.54, 1.807) is 5.57 Å². The molecule has 3 aliphatic rings. The number of carbonyl (C=O) groups is 1. The molecule has 0 aromatic rings. The van der Waals surface area contributed by atoms with Crippen molar-refractivity contribution in [2.45, 2.75) is 73.3 Å².